The number of carboxylic acid groups (broad SMARTS) is 1. The summed E-state index contributed by atoms with van der Waals surface area (Å²) in [5.74, 6) is -0.890. The number of hydrogen-bond acceptors (Lipinski definition) is 1. The van der Waals surface area contributed by atoms with Crippen molar-refractivity contribution in [3.8, 4) is 0 Å². The minimum atomic E-state index is -0.890. The third-order valence-corrected chi connectivity index (χ3v) is 2.52. The fraction of sp³-hybridized carbons (Fsp3) is 0.154. The van der Waals surface area contributed by atoms with Crippen molar-refractivity contribution < 1.29 is 9.90 Å². The van der Waals surface area contributed by atoms with Gasteiger partial charge in [-0.15, -0.1) is 0 Å². The average molecular weight is 215 g/mol. The molecule has 2 rings (SSSR count). The molecule has 0 bridgehead atoms. The maximum atomic E-state index is 10.3. The minimum absolute atomic E-state index is 0.744. The predicted molar refractivity (Wildman–Crippen MR) is 63.4 cm³/mol. The lowest BCUT2D eigenvalue weighted by molar-refractivity contribution is -0.131. The van der Waals surface area contributed by atoms with Crippen LogP contribution in [0.2, 0.25) is 0 Å². The number of carboxylic acids is 1. The van der Waals surface area contributed by atoms with Crippen molar-refractivity contribution in [1.82, 2.24) is 4.98 Å². The number of aromatic nitrogens is 1. The van der Waals surface area contributed by atoms with Gasteiger partial charge in [0.2, 0.25) is 0 Å². The number of nitrogens with one attached hydrogen (secondary N) is 1. The summed E-state index contributed by atoms with van der Waals surface area (Å²) >= 11 is 0. The van der Waals surface area contributed by atoms with E-state index in [-0.39, 0.29) is 0 Å². The Kier molecular flexibility index (Phi) is 3.05. The maximum absolute atomic E-state index is 10.3. The monoisotopic (exact) mass is 215 g/mol. The molecule has 0 aliphatic heterocycles. The fourth-order valence-electron chi connectivity index (χ4n) is 1.76. The standard InChI is InChI=1S/C13H13NO2/c15-13(16)8-4-1-5-10-9-14-12-7-3-2-6-11(10)12/h2-4,6-9,14H,1,5H2,(H,15,16). The molecule has 2 aromatic rings. The molecular weight excluding hydrogens is 202 g/mol. The Balaban J connectivity index is 2.07. The molecule has 82 valence electrons. The van der Waals surface area contributed by atoms with Crippen LogP contribution < -0.4 is 0 Å². The normalized spacial score (nSPS) is 11.2. The van der Waals surface area contributed by atoms with Crippen molar-refractivity contribution in [3.05, 3.63) is 48.2 Å². The van der Waals surface area contributed by atoms with Crippen LogP contribution in [0.5, 0.6) is 0 Å². The molecule has 0 spiro atoms. The lowest BCUT2D eigenvalue weighted by atomic mass is 10.1. The molecule has 0 fully saturated rings. The van der Waals surface area contributed by atoms with Gasteiger partial charge in [0, 0.05) is 23.2 Å². The molecule has 16 heavy (non-hydrogen) atoms. The second-order valence-electron chi connectivity index (χ2n) is 3.64. The highest BCUT2D eigenvalue weighted by molar-refractivity contribution is 5.83. The Hall–Kier alpha value is -2.03. The van der Waals surface area contributed by atoms with Crippen LogP contribution in [0, 0.1) is 0 Å². The number of hydrogen-bond donors (Lipinski definition) is 2. The van der Waals surface area contributed by atoms with Gasteiger partial charge in [-0.25, -0.2) is 4.79 Å². The van der Waals surface area contributed by atoms with E-state index in [2.05, 4.69) is 11.1 Å². The first-order chi connectivity index (χ1) is 7.77. The maximum Gasteiger partial charge on any atom is 0.327 e. The van der Waals surface area contributed by atoms with Crippen molar-refractivity contribution in [2.45, 2.75) is 12.8 Å². The summed E-state index contributed by atoms with van der Waals surface area (Å²) < 4.78 is 0. The number of rotatable bonds is 4. The van der Waals surface area contributed by atoms with Crippen molar-refractivity contribution in [2.75, 3.05) is 0 Å². The molecule has 0 radical (unpaired) electrons. The quantitative estimate of drug-likeness (QED) is 0.770. The van der Waals surface area contributed by atoms with E-state index in [0.29, 0.717) is 0 Å². The topological polar surface area (TPSA) is 53.1 Å². The van der Waals surface area contributed by atoms with Gasteiger partial charge in [-0.1, -0.05) is 24.3 Å². The zero-order valence-corrected chi connectivity index (χ0v) is 8.81. The molecule has 0 amide bonds. The van der Waals surface area contributed by atoms with Gasteiger partial charge in [-0.2, -0.15) is 0 Å². The Bertz CT molecular complexity index is 525. The van der Waals surface area contributed by atoms with Crippen LogP contribution in [0.1, 0.15) is 12.0 Å². The molecule has 3 nitrogen and oxygen atoms in total. The van der Waals surface area contributed by atoms with Crippen LogP contribution in [0.15, 0.2) is 42.6 Å². The highest BCUT2D eigenvalue weighted by atomic mass is 16.4. The van der Waals surface area contributed by atoms with E-state index < -0.39 is 5.97 Å². The van der Waals surface area contributed by atoms with Gasteiger partial charge in [0.15, 0.2) is 0 Å². The van der Waals surface area contributed by atoms with Crippen LogP contribution in [0.4, 0.5) is 0 Å². The molecule has 0 saturated heterocycles. The fourth-order valence-corrected chi connectivity index (χ4v) is 1.76. The van der Waals surface area contributed by atoms with Crippen molar-refractivity contribution in [3.63, 3.8) is 0 Å². The number of allylic oxidation sites excluding steroid dienone is 1. The summed E-state index contributed by atoms with van der Waals surface area (Å²) in [7, 11) is 0. The van der Waals surface area contributed by atoms with E-state index in [1.807, 2.05) is 24.4 Å². The third-order valence-electron chi connectivity index (χ3n) is 2.52. The van der Waals surface area contributed by atoms with Gasteiger partial charge in [0.1, 0.15) is 0 Å². The minimum Gasteiger partial charge on any atom is -0.478 e. The molecule has 1 aromatic carbocycles. The summed E-state index contributed by atoms with van der Waals surface area (Å²) in [5, 5.41) is 9.66. The summed E-state index contributed by atoms with van der Waals surface area (Å²) in [4.78, 5) is 13.5. The Morgan fingerprint density at radius 3 is 3.00 bits per heavy atom. The number of aliphatic carboxylic acids is 1. The van der Waals surface area contributed by atoms with Gasteiger partial charge in [0.25, 0.3) is 0 Å². The summed E-state index contributed by atoms with van der Waals surface area (Å²) in [6.07, 6.45) is 6.46. The SMILES string of the molecule is O=C(O)C=CCCc1c[nH]c2ccccc12. The van der Waals surface area contributed by atoms with Crippen molar-refractivity contribution >= 4 is 16.9 Å². The number of aromatic amines is 1. The molecule has 0 aliphatic carbocycles. The molecule has 0 aliphatic rings. The van der Waals surface area contributed by atoms with Crippen molar-refractivity contribution in [1.29, 1.82) is 0 Å². The number of benzene rings is 1. The second kappa shape index (κ2) is 4.66. The lowest BCUT2D eigenvalue weighted by Gasteiger charge is -1.95. The first-order valence-electron chi connectivity index (χ1n) is 5.22. The van der Waals surface area contributed by atoms with Crippen LogP contribution in [0.25, 0.3) is 10.9 Å². The predicted octanol–water partition coefficient (Wildman–Crippen LogP) is 2.74. The van der Waals surface area contributed by atoms with Gasteiger partial charge in [-0.3, -0.25) is 0 Å². The third kappa shape index (κ3) is 2.31. The number of fused-ring (bicyclic) bond motifs is 1. The molecular formula is C13H13NO2. The van der Waals surface area contributed by atoms with Gasteiger partial charge >= 0.3 is 5.97 Å². The highest BCUT2D eigenvalue weighted by Gasteiger charge is 2.00. The van der Waals surface area contributed by atoms with Crippen molar-refractivity contribution in [2.24, 2.45) is 0 Å². The first-order valence-corrected chi connectivity index (χ1v) is 5.22. The van der Waals surface area contributed by atoms with Gasteiger partial charge in [-0.05, 0) is 24.5 Å². The zero-order chi connectivity index (χ0) is 11.4. The zero-order valence-electron chi connectivity index (χ0n) is 8.81. The van der Waals surface area contributed by atoms with Gasteiger partial charge < -0.3 is 10.1 Å². The largest absolute Gasteiger partial charge is 0.478 e. The van der Waals surface area contributed by atoms with E-state index in [1.54, 1.807) is 6.08 Å². The average Bonchev–Trinajstić information content (AvgIpc) is 2.68. The Morgan fingerprint density at radius 1 is 1.38 bits per heavy atom. The number of para-hydroxylation sites is 1. The van der Waals surface area contributed by atoms with E-state index >= 15 is 0 Å². The van der Waals surface area contributed by atoms with E-state index in [0.717, 1.165) is 18.4 Å². The number of aryl methyl sites for hydroxylation is 1. The highest BCUT2D eigenvalue weighted by Crippen LogP contribution is 2.18. The Labute approximate surface area is 93.4 Å². The molecule has 1 aromatic heterocycles. The van der Waals surface area contributed by atoms with Crippen LogP contribution in [-0.4, -0.2) is 16.1 Å². The molecule has 0 saturated carbocycles. The second-order valence-corrected chi connectivity index (χ2v) is 3.64. The molecule has 0 atom stereocenters. The number of carbonyl (C=O) groups is 1. The Morgan fingerprint density at radius 2 is 2.19 bits per heavy atom. The molecule has 0 unspecified atom stereocenters. The molecule has 2 N–H and O–H groups in total. The van der Waals surface area contributed by atoms with E-state index in [4.69, 9.17) is 5.11 Å². The summed E-state index contributed by atoms with van der Waals surface area (Å²) in [5.41, 5.74) is 2.35. The van der Waals surface area contributed by atoms with E-state index in [1.165, 1.54) is 17.0 Å². The number of H-pyrrole nitrogens is 1. The van der Waals surface area contributed by atoms with Gasteiger partial charge in [0.05, 0.1) is 0 Å². The smallest absolute Gasteiger partial charge is 0.327 e. The molecule has 1 heterocycles. The summed E-state index contributed by atoms with van der Waals surface area (Å²) in [6.45, 7) is 0. The van der Waals surface area contributed by atoms with Crippen LogP contribution in [0.3, 0.4) is 0 Å². The molecule has 3 heteroatoms. The van der Waals surface area contributed by atoms with Crippen LogP contribution in [-0.2, 0) is 11.2 Å². The van der Waals surface area contributed by atoms with E-state index in [9.17, 15) is 4.79 Å². The summed E-state index contributed by atoms with van der Waals surface area (Å²) in [6, 6.07) is 8.10. The first kappa shape index (κ1) is 10.5. The van der Waals surface area contributed by atoms with Crippen LogP contribution >= 0.6 is 0 Å². The lowest BCUT2D eigenvalue weighted by Crippen LogP contribution is -1.87.